The number of esters is 2. The van der Waals surface area contributed by atoms with Crippen LogP contribution in [-0.4, -0.2) is 80.6 Å². The third-order valence-corrected chi connectivity index (χ3v) is 6.95. The molecule has 0 rings (SSSR count). The van der Waals surface area contributed by atoms with Crippen molar-refractivity contribution in [3.8, 4) is 0 Å². The van der Waals surface area contributed by atoms with E-state index in [0.29, 0.717) is 19.3 Å². The van der Waals surface area contributed by atoms with Gasteiger partial charge in [-0.25, -0.2) is 4.79 Å². The fourth-order valence-corrected chi connectivity index (χ4v) is 4.31. The number of carbonyl (C=O) groups is 3. The molecule has 0 radical (unpaired) electrons. The number of quaternary nitrogens is 1. The van der Waals surface area contributed by atoms with Gasteiger partial charge in [0.05, 0.1) is 34.4 Å². The molecule has 0 spiro atoms. The molecule has 0 aliphatic heterocycles. The maximum atomic E-state index is 12.5. The summed E-state index contributed by atoms with van der Waals surface area (Å²) >= 11 is 0. The first-order chi connectivity index (χ1) is 22.1. The molecule has 2 unspecified atom stereocenters. The molecule has 0 aromatic rings. The van der Waals surface area contributed by atoms with Gasteiger partial charge in [0.15, 0.2) is 12.1 Å². The first-order valence-corrected chi connectivity index (χ1v) is 17.0. The number of nitrogens with zero attached hydrogens (tertiary/aromatic N) is 1. The van der Waals surface area contributed by atoms with Crippen molar-refractivity contribution in [2.75, 3.05) is 41.0 Å². The first kappa shape index (κ1) is 42.8. The monoisotopic (exact) mass is 644 g/mol. The summed E-state index contributed by atoms with van der Waals surface area (Å²) < 4.78 is 17.0. The lowest BCUT2D eigenvalue weighted by atomic mass is 10.1. The molecule has 8 heteroatoms. The van der Waals surface area contributed by atoms with Crippen LogP contribution in [-0.2, 0) is 28.6 Å². The smallest absolute Gasteiger partial charge is 0.362 e. The topological polar surface area (TPSA) is 99.1 Å². The molecule has 0 bridgehead atoms. The molecule has 46 heavy (non-hydrogen) atoms. The van der Waals surface area contributed by atoms with E-state index in [4.69, 9.17) is 14.2 Å². The third-order valence-electron chi connectivity index (χ3n) is 6.95. The molecule has 2 atom stereocenters. The second kappa shape index (κ2) is 29.2. The number of allylic oxidation sites excluding steroid dienone is 12. The number of carboxylic acids is 1. The van der Waals surface area contributed by atoms with Crippen molar-refractivity contribution in [1.82, 2.24) is 0 Å². The van der Waals surface area contributed by atoms with E-state index in [1.807, 2.05) is 57.6 Å². The van der Waals surface area contributed by atoms with Gasteiger partial charge >= 0.3 is 17.9 Å². The maximum Gasteiger partial charge on any atom is 0.362 e. The van der Waals surface area contributed by atoms with Crippen LogP contribution in [0.25, 0.3) is 0 Å². The van der Waals surface area contributed by atoms with Crippen LogP contribution in [0.3, 0.4) is 0 Å². The normalized spacial score (nSPS) is 14.0. The molecule has 0 aliphatic rings. The molecule has 0 saturated carbocycles. The molecule has 8 nitrogen and oxygen atoms in total. The van der Waals surface area contributed by atoms with Crippen molar-refractivity contribution < 1.29 is 38.2 Å². The highest BCUT2D eigenvalue weighted by Crippen LogP contribution is 2.11. The number of rotatable bonds is 28. The van der Waals surface area contributed by atoms with Gasteiger partial charge < -0.3 is 23.8 Å². The van der Waals surface area contributed by atoms with E-state index in [0.717, 1.165) is 57.8 Å². The van der Waals surface area contributed by atoms with Crippen molar-refractivity contribution in [2.45, 2.75) is 109 Å². The maximum absolute atomic E-state index is 12.5. The van der Waals surface area contributed by atoms with Crippen molar-refractivity contribution in [2.24, 2.45) is 0 Å². The van der Waals surface area contributed by atoms with Crippen LogP contribution < -0.4 is 0 Å². The Balaban J connectivity index is 4.60. The highest BCUT2D eigenvalue weighted by atomic mass is 16.6. The number of aliphatic carboxylic acids is 1. The van der Waals surface area contributed by atoms with Gasteiger partial charge in [-0.2, -0.15) is 0 Å². The highest BCUT2D eigenvalue weighted by Gasteiger charge is 2.31. The van der Waals surface area contributed by atoms with E-state index >= 15 is 0 Å². The summed E-state index contributed by atoms with van der Waals surface area (Å²) in [5, 5.41) is 9.54. The fraction of sp³-hybridized carbons (Fsp3) is 0.605. The minimum atomic E-state index is -0.892. The van der Waals surface area contributed by atoms with E-state index < -0.39 is 18.1 Å². The quantitative estimate of drug-likeness (QED) is 0.0302. The number of ether oxygens (including phenoxy) is 3. The zero-order valence-corrected chi connectivity index (χ0v) is 29.2. The fourth-order valence-electron chi connectivity index (χ4n) is 4.31. The zero-order chi connectivity index (χ0) is 34.3. The Morgan fingerprint density at radius 3 is 1.93 bits per heavy atom. The molecule has 0 aromatic carbocycles. The van der Waals surface area contributed by atoms with Crippen molar-refractivity contribution in [3.63, 3.8) is 0 Å². The average molecular weight is 645 g/mol. The summed E-state index contributed by atoms with van der Waals surface area (Å²) in [4.78, 5) is 36.6. The van der Waals surface area contributed by atoms with Crippen LogP contribution in [0.5, 0.6) is 0 Å². The van der Waals surface area contributed by atoms with Crippen molar-refractivity contribution in [3.05, 3.63) is 72.9 Å². The molecule has 1 N–H and O–H groups in total. The molecular formula is C38H62NO7+. The number of carboxylic acid groups (broad SMARTS) is 1. The summed E-state index contributed by atoms with van der Waals surface area (Å²) in [5.74, 6) is -1.59. The second-order valence-electron chi connectivity index (χ2n) is 12.1. The molecular weight excluding hydrogens is 582 g/mol. The summed E-state index contributed by atoms with van der Waals surface area (Å²) in [5.41, 5.74) is 0. The van der Waals surface area contributed by atoms with Gasteiger partial charge in [0.25, 0.3) is 0 Å². The molecule has 0 saturated heterocycles. The van der Waals surface area contributed by atoms with E-state index in [-0.39, 0.29) is 42.7 Å². The van der Waals surface area contributed by atoms with Crippen LogP contribution in [0.15, 0.2) is 72.9 Å². The molecule has 0 fully saturated rings. The van der Waals surface area contributed by atoms with Gasteiger partial charge in [-0.1, -0.05) is 93.2 Å². The Hall–Kier alpha value is -3.23. The number of hydrogen-bond acceptors (Lipinski definition) is 6. The van der Waals surface area contributed by atoms with Gasteiger partial charge in [0, 0.05) is 19.3 Å². The zero-order valence-electron chi connectivity index (χ0n) is 29.2. The molecule has 260 valence electrons. The number of carbonyl (C=O) groups excluding carboxylic acids is 2. The van der Waals surface area contributed by atoms with Gasteiger partial charge in [-0.15, -0.1) is 0 Å². The molecule has 0 aromatic heterocycles. The van der Waals surface area contributed by atoms with E-state index in [9.17, 15) is 19.5 Å². The Kier molecular flexibility index (Phi) is 27.1. The lowest BCUT2D eigenvalue weighted by Crippen LogP contribution is -2.50. The number of likely N-dealkylation sites (N-methyl/N-ethyl adjacent to an activating group) is 1. The largest absolute Gasteiger partial charge is 0.477 e. The summed E-state index contributed by atoms with van der Waals surface area (Å²) in [6, 6.07) is -0.627. The van der Waals surface area contributed by atoms with Crippen LogP contribution in [0.1, 0.15) is 97.3 Å². The van der Waals surface area contributed by atoms with Crippen LogP contribution >= 0.6 is 0 Å². The lowest BCUT2D eigenvalue weighted by Gasteiger charge is -2.31. The molecule has 0 amide bonds. The van der Waals surface area contributed by atoms with Gasteiger partial charge in [-0.05, 0) is 57.8 Å². The van der Waals surface area contributed by atoms with E-state index in [1.54, 1.807) is 0 Å². The van der Waals surface area contributed by atoms with Crippen molar-refractivity contribution in [1.29, 1.82) is 0 Å². The van der Waals surface area contributed by atoms with Crippen LogP contribution in [0.2, 0.25) is 0 Å². The first-order valence-electron chi connectivity index (χ1n) is 17.0. The molecule has 0 heterocycles. The van der Waals surface area contributed by atoms with Gasteiger partial charge in [-0.3, -0.25) is 9.59 Å². The van der Waals surface area contributed by atoms with Crippen molar-refractivity contribution >= 4 is 17.9 Å². The number of unbranched alkanes of at least 4 members (excludes halogenated alkanes) is 5. The minimum absolute atomic E-state index is 0.0303. The Morgan fingerprint density at radius 1 is 0.674 bits per heavy atom. The summed E-state index contributed by atoms with van der Waals surface area (Å²) in [7, 11) is 5.47. The predicted molar refractivity (Wildman–Crippen MR) is 187 cm³/mol. The third kappa shape index (κ3) is 27.1. The number of hydrogen-bond donors (Lipinski definition) is 1. The Labute approximate surface area is 279 Å². The van der Waals surface area contributed by atoms with Gasteiger partial charge in [0.2, 0.25) is 0 Å². The lowest BCUT2D eigenvalue weighted by molar-refractivity contribution is -0.887. The Bertz CT molecular complexity index is 985. The summed E-state index contributed by atoms with van der Waals surface area (Å²) in [6.45, 7) is 4.34. The van der Waals surface area contributed by atoms with E-state index in [2.05, 4.69) is 50.3 Å². The molecule has 0 aliphatic carbocycles. The average Bonchev–Trinajstić information content (AvgIpc) is 3.00. The second-order valence-corrected chi connectivity index (χ2v) is 12.1. The van der Waals surface area contributed by atoms with Crippen LogP contribution in [0, 0.1) is 0 Å². The van der Waals surface area contributed by atoms with Gasteiger partial charge in [0.1, 0.15) is 6.61 Å². The minimum Gasteiger partial charge on any atom is -0.477 e. The van der Waals surface area contributed by atoms with E-state index in [1.165, 1.54) is 0 Å². The SMILES string of the molecule is CC/C=C/C=C/C=C/C=C/CCCCCC(=O)OCC(COCCC(C(=O)O)[N+](C)(C)C)OC(=O)CCCC/C=C/C/C=C/CC. The Morgan fingerprint density at radius 2 is 1.26 bits per heavy atom. The summed E-state index contributed by atoms with van der Waals surface area (Å²) in [6.07, 6.45) is 34.0. The standard InChI is InChI=1S/C38H61NO7/c1-6-8-10-12-14-16-17-18-19-21-22-24-26-28-36(40)45-33-34(32-44-31-30-35(38(42)43)39(3,4)5)46-37(41)29-27-25-23-20-15-13-11-9-7-2/h8-12,14-20,34-35H,6-7,13,21-33H2,1-5H3/p+1/b10-8+,11-9+,14-12+,17-16+,19-18+,20-15+. The predicted octanol–water partition coefficient (Wildman–Crippen LogP) is 8.07. The highest BCUT2D eigenvalue weighted by molar-refractivity contribution is 5.72. The van der Waals surface area contributed by atoms with Crippen LogP contribution in [0.4, 0.5) is 0 Å².